The van der Waals surface area contributed by atoms with Crippen LogP contribution >= 0.6 is 34.8 Å². The van der Waals surface area contributed by atoms with Gasteiger partial charge in [-0.05, 0) is 13.3 Å². The summed E-state index contributed by atoms with van der Waals surface area (Å²) >= 11 is 19.1. The van der Waals surface area contributed by atoms with Crippen molar-refractivity contribution in [1.29, 1.82) is 0 Å². The molecule has 0 radical (unpaired) electrons. The van der Waals surface area contributed by atoms with E-state index in [-0.39, 0.29) is 23.1 Å². The fourth-order valence-electron chi connectivity index (χ4n) is 2.67. The molecule has 1 N–H and O–H groups in total. The van der Waals surface area contributed by atoms with Crippen molar-refractivity contribution in [1.82, 2.24) is 0 Å². The molecule has 0 aromatic carbocycles. The number of alkyl halides is 1. The zero-order valence-corrected chi connectivity index (χ0v) is 14.9. The highest BCUT2D eigenvalue weighted by Crippen LogP contribution is 2.61. The van der Waals surface area contributed by atoms with E-state index in [2.05, 4.69) is 6.58 Å². The molecule has 0 aliphatic heterocycles. The summed E-state index contributed by atoms with van der Waals surface area (Å²) < 4.78 is 15.6. The molecule has 0 spiro atoms. The Labute approximate surface area is 144 Å². The maximum Gasteiger partial charge on any atom is 0.309 e. The van der Waals surface area contributed by atoms with Gasteiger partial charge in [-0.1, -0.05) is 29.3 Å². The molecule has 1 rings (SSSR count). The van der Waals surface area contributed by atoms with Crippen LogP contribution in [-0.2, 0) is 19.0 Å². The van der Waals surface area contributed by atoms with Gasteiger partial charge in [-0.2, -0.15) is 0 Å². The van der Waals surface area contributed by atoms with Gasteiger partial charge in [-0.25, -0.2) is 0 Å². The van der Waals surface area contributed by atoms with Crippen molar-refractivity contribution >= 4 is 40.8 Å². The molecule has 126 valence electrons. The Hall–Kier alpha value is -0.300. The third-order valence-electron chi connectivity index (χ3n) is 3.73. The van der Waals surface area contributed by atoms with Crippen LogP contribution in [0.4, 0.5) is 0 Å². The van der Waals surface area contributed by atoms with E-state index < -0.39 is 28.7 Å². The maximum absolute atomic E-state index is 11.9. The number of esters is 1. The molecular weight excluding hydrogens is 355 g/mol. The first-order valence-corrected chi connectivity index (χ1v) is 7.68. The molecule has 0 aromatic heterocycles. The minimum atomic E-state index is -2.03. The van der Waals surface area contributed by atoms with Crippen LogP contribution in [0.1, 0.15) is 19.8 Å². The smallest absolute Gasteiger partial charge is 0.309 e. The van der Waals surface area contributed by atoms with E-state index in [1.165, 1.54) is 20.3 Å². The van der Waals surface area contributed by atoms with Crippen LogP contribution in [0.5, 0.6) is 0 Å². The van der Waals surface area contributed by atoms with Crippen LogP contribution in [0, 0.1) is 0 Å². The van der Waals surface area contributed by atoms with Gasteiger partial charge >= 0.3 is 5.97 Å². The number of hydrogen-bond donors (Lipinski definition) is 1. The minimum Gasteiger partial charge on any atom is -0.466 e. The van der Waals surface area contributed by atoms with E-state index in [1.807, 2.05) is 0 Å². The first kappa shape index (κ1) is 19.7. The Morgan fingerprint density at radius 3 is 2.27 bits per heavy atom. The molecular formula is C14H19Cl3O5. The third kappa shape index (κ3) is 2.58. The number of ether oxygens (including phenoxy) is 3. The fourth-order valence-corrected chi connectivity index (χ4v) is 4.11. The van der Waals surface area contributed by atoms with Crippen molar-refractivity contribution in [3.8, 4) is 0 Å². The summed E-state index contributed by atoms with van der Waals surface area (Å²) in [7, 11) is 2.62. The lowest BCUT2D eigenvalue weighted by atomic mass is 9.81. The molecule has 0 amide bonds. The van der Waals surface area contributed by atoms with Crippen molar-refractivity contribution < 1.29 is 24.1 Å². The van der Waals surface area contributed by atoms with Crippen molar-refractivity contribution in [2.45, 2.75) is 36.0 Å². The van der Waals surface area contributed by atoms with Gasteiger partial charge in [0.1, 0.15) is 10.5 Å². The maximum atomic E-state index is 11.9. The van der Waals surface area contributed by atoms with Crippen LogP contribution < -0.4 is 0 Å². The minimum absolute atomic E-state index is 0.0125. The van der Waals surface area contributed by atoms with Crippen LogP contribution in [0.2, 0.25) is 0 Å². The molecule has 0 unspecified atom stereocenters. The lowest BCUT2D eigenvalue weighted by Crippen LogP contribution is -2.62. The van der Waals surface area contributed by atoms with Crippen LogP contribution in [0.25, 0.3) is 0 Å². The summed E-state index contributed by atoms with van der Waals surface area (Å²) in [4.78, 5) is 10.2. The van der Waals surface area contributed by atoms with E-state index in [9.17, 15) is 9.90 Å². The summed E-state index contributed by atoms with van der Waals surface area (Å²) in [6, 6.07) is 0. The number of rotatable bonds is 7. The Bertz CT molecular complexity index is 489. The summed E-state index contributed by atoms with van der Waals surface area (Å²) in [5, 5.41) is 10.7. The van der Waals surface area contributed by atoms with Gasteiger partial charge < -0.3 is 19.3 Å². The van der Waals surface area contributed by atoms with Gasteiger partial charge in [-0.15, -0.1) is 18.2 Å². The van der Waals surface area contributed by atoms with Gasteiger partial charge in [0.05, 0.1) is 23.1 Å². The number of methoxy groups -OCH3 is 2. The SMILES string of the molecule is C=CC[C@@]1(Cl)C(OC)(OC)C(Cl)=C(Cl)[C@@]1(O)CC(=O)OCC. The highest BCUT2D eigenvalue weighted by molar-refractivity contribution is 6.44. The van der Waals surface area contributed by atoms with Crippen LogP contribution in [0.15, 0.2) is 22.7 Å². The van der Waals surface area contributed by atoms with Gasteiger partial charge in [0.2, 0.25) is 5.79 Å². The average molecular weight is 374 g/mol. The standard InChI is InChI=1S/C14H19Cl3O5/c1-5-7-13(17)12(19,8-9(18)22-6-2)10(15)11(16)14(13,20-3)21-4/h5,19H,1,6-8H2,2-4H3/t12-,13-/m0/s1. The number of allylic oxidation sites excluding steroid dienone is 1. The predicted molar refractivity (Wildman–Crippen MR) is 85.1 cm³/mol. The quantitative estimate of drug-likeness (QED) is 0.322. The van der Waals surface area contributed by atoms with E-state index >= 15 is 0 Å². The number of carbonyl (C=O) groups is 1. The zero-order chi connectivity index (χ0) is 17.2. The molecule has 0 heterocycles. The molecule has 0 saturated heterocycles. The average Bonchev–Trinajstić information content (AvgIpc) is 2.58. The summed E-state index contributed by atoms with van der Waals surface area (Å²) in [6.07, 6.45) is 0.968. The Morgan fingerprint density at radius 1 is 1.32 bits per heavy atom. The topological polar surface area (TPSA) is 65.0 Å². The molecule has 5 nitrogen and oxygen atoms in total. The molecule has 8 heteroatoms. The second-order valence-electron chi connectivity index (χ2n) is 4.79. The van der Waals surface area contributed by atoms with E-state index in [0.717, 1.165) is 0 Å². The molecule has 1 aliphatic rings. The molecule has 0 saturated carbocycles. The fraction of sp³-hybridized carbons (Fsp3) is 0.643. The summed E-state index contributed by atoms with van der Waals surface area (Å²) in [6.45, 7) is 5.41. The van der Waals surface area contributed by atoms with Gasteiger partial charge in [0, 0.05) is 14.2 Å². The van der Waals surface area contributed by atoms with Gasteiger partial charge in [0.25, 0.3) is 0 Å². The second-order valence-corrected chi connectivity index (χ2v) is 6.19. The van der Waals surface area contributed by atoms with E-state index in [4.69, 9.17) is 49.0 Å². The van der Waals surface area contributed by atoms with Crippen molar-refractivity contribution in [3.63, 3.8) is 0 Å². The first-order valence-electron chi connectivity index (χ1n) is 6.55. The Morgan fingerprint density at radius 2 is 1.86 bits per heavy atom. The van der Waals surface area contributed by atoms with Crippen molar-refractivity contribution in [3.05, 3.63) is 22.7 Å². The molecule has 0 bridgehead atoms. The summed E-state index contributed by atoms with van der Waals surface area (Å²) in [5.41, 5.74) is -2.03. The van der Waals surface area contributed by atoms with E-state index in [1.54, 1.807) is 6.92 Å². The molecule has 22 heavy (non-hydrogen) atoms. The molecule has 1 aliphatic carbocycles. The number of carbonyl (C=O) groups excluding carboxylic acids is 1. The lowest BCUT2D eigenvalue weighted by molar-refractivity contribution is -0.215. The number of hydrogen-bond acceptors (Lipinski definition) is 5. The zero-order valence-electron chi connectivity index (χ0n) is 12.6. The normalized spacial score (nSPS) is 30.5. The molecule has 0 aromatic rings. The predicted octanol–water partition coefficient (Wildman–Crippen LogP) is 2.92. The summed E-state index contributed by atoms with van der Waals surface area (Å²) in [5.74, 6) is -2.40. The highest BCUT2D eigenvalue weighted by Gasteiger charge is 2.72. The van der Waals surface area contributed by atoms with Crippen LogP contribution in [-0.4, -0.2) is 48.2 Å². The molecule has 2 atom stereocenters. The van der Waals surface area contributed by atoms with Gasteiger partial charge in [0.15, 0.2) is 0 Å². The molecule has 0 fully saturated rings. The first-order chi connectivity index (χ1) is 10.2. The third-order valence-corrected chi connectivity index (χ3v) is 5.48. The second kappa shape index (κ2) is 7.07. The highest BCUT2D eigenvalue weighted by atomic mass is 35.5. The Kier molecular flexibility index (Phi) is 6.35. The lowest BCUT2D eigenvalue weighted by Gasteiger charge is -2.45. The van der Waals surface area contributed by atoms with Crippen molar-refractivity contribution in [2.75, 3.05) is 20.8 Å². The van der Waals surface area contributed by atoms with E-state index in [0.29, 0.717) is 0 Å². The largest absolute Gasteiger partial charge is 0.466 e. The monoisotopic (exact) mass is 372 g/mol. The Balaban J connectivity index is 3.47. The number of aliphatic hydroxyl groups is 1. The van der Waals surface area contributed by atoms with Gasteiger partial charge in [-0.3, -0.25) is 4.79 Å². The van der Waals surface area contributed by atoms with Crippen molar-refractivity contribution in [2.24, 2.45) is 0 Å². The number of halogens is 3. The van der Waals surface area contributed by atoms with Crippen LogP contribution in [0.3, 0.4) is 0 Å².